The quantitative estimate of drug-likeness (QED) is 0.406. The van der Waals surface area contributed by atoms with Crippen molar-refractivity contribution in [3.05, 3.63) is 59.6 Å². The summed E-state index contributed by atoms with van der Waals surface area (Å²) in [6.45, 7) is 0. The number of anilines is 2. The van der Waals surface area contributed by atoms with E-state index >= 15 is 0 Å². The van der Waals surface area contributed by atoms with Gasteiger partial charge < -0.3 is 20.1 Å². The lowest BCUT2D eigenvalue weighted by molar-refractivity contribution is -0.274. The lowest BCUT2D eigenvalue weighted by Gasteiger charge is -2.09. The van der Waals surface area contributed by atoms with E-state index in [0.29, 0.717) is 27.2 Å². The number of hydrogen-bond donors (Lipinski definition) is 2. The number of benzene rings is 2. The maximum atomic E-state index is 12.2. The van der Waals surface area contributed by atoms with Crippen LogP contribution < -0.4 is 20.1 Å². The van der Waals surface area contributed by atoms with Gasteiger partial charge in [0.15, 0.2) is 4.34 Å². The Bertz CT molecular complexity index is 1090. The number of methoxy groups -OCH3 is 1. The van der Waals surface area contributed by atoms with Crippen LogP contribution in [0.2, 0.25) is 0 Å². The first-order chi connectivity index (χ1) is 15.7. The SMILES string of the molecule is COc1ccc(NC(=O)CSc2nc(CC(=O)Nc3ccc(OC(F)(F)F)cc3)cs2)cc1. The molecule has 0 saturated heterocycles. The minimum Gasteiger partial charge on any atom is -0.497 e. The molecule has 3 rings (SSSR count). The van der Waals surface area contributed by atoms with Crippen molar-refractivity contribution >= 4 is 46.3 Å². The summed E-state index contributed by atoms with van der Waals surface area (Å²) in [7, 11) is 1.56. The van der Waals surface area contributed by atoms with E-state index in [2.05, 4.69) is 20.4 Å². The monoisotopic (exact) mass is 497 g/mol. The molecule has 0 aliphatic rings. The summed E-state index contributed by atoms with van der Waals surface area (Å²) in [5.41, 5.74) is 1.50. The number of thioether (sulfide) groups is 1. The molecule has 2 N–H and O–H groups in total. The van der Waals surface area contributed by atoms with Crippen molar-refractivity contribution in [2.45, 2.75) is 17.1 Å². The number of ether oxygens (including phenoxy) is 2. The van der Waals surface area contributed by atoms with Gasteiger partial charge in [0.05, 0.1) is 25.0 Å². The first-order valence-electron chi connectivity index (χ1n) is 9.37. The van der Waals surface area contributed by atoms with Crippen molar-refractivity contribution in [1.82, 2.24) is 4.98 Å². The Balaban J connectivity index is 1.44. The molecule has 0 saturated carbocycles. The van der Waals surface area contributed by atoms with Gasteiger partial charge in [0.25, 0.3) is 0 Å². The Kier molecular flexibility index (Phi) is 8.17. The lowest BCUT2D eigenvalue weighted by atomic mass is 10.2. The number of nitrogens with zero attached hydrogens (tertiary/aromatic N) is 1. The smallest absolute Gasteiger partial charge is 0.497 e. The predicted molar refractivity (Wildman–Crippen MR) is 120 cm³/mol. The molecule has 0 spiro atoms. The average Bonchev–Trinajstić information content (AvgIpc) is 3.20. The normalized spacial score (nSPS) is 11.0. The maximum absolute atomic E-state index is 12.2. The van der Waals surface area contributed by atoms with Crippen LogP contribution in [0.4, 0.5) is 24.5 Å². The van der Waals surface area contributed by atoms with Crippen LogP contribution in [0.3, 0.4) is 0 Å². The topological polar surface area (TPSA) is 89.5 Å². The van der Waals surface area contributed by atoms with E-state index in [0.717, 1.165) is 12.1 Å². The van der Waals surface area contributed by atoms with Gasteiger partial charge in [-0.1, -0.05) is 11.8 Å². The highest BCUT2D eigenvalue weighted by Gasteiger charge is 2.30. The van der Waals surface area contributed by atoms with Crippen LogP contribution >= 0.6 is 23.1 Å². The highest BCUT2D eigenvalue weighted by molar-refractivity contribution is 8.01. The van der Waals surface area contributed by atoms with Crippen molar-refractivity contribution in [1.29, 1.82) is 0 Å². The Labute approximate surface area is 195 Å². The number of carbonyl (C=O) groups is 2. The molecule has 1 aromatic heterocycles. The van der Waals surface area contributed by atoms with E-state index in [-0.39, 0.29) is 29.7 Å². The van der Waals surface area contributed by atoms with E-state index in [1.807, 2.05) is 0 Å². The molecule has 0 atom stereocenters. The second kappa shape index (κ2) is 11.1. The molecular weight excluding hydrogens is 479 g/mol. The molecule has 174 valence electrons. The summed E-state index contributed by atoms with van der Waals surface area (Å²) >= 11 is 2.56. The summed E-state index contributed by atoms with van der Waals surface area (Å²) in [5, 5.41) is 7.07. The third-order valence-electron chi connectivity index (χ3n) is 3.94. The van der Waals surface area contributed by atoms with E-state index in [1.54, 1.807) is 36.8 Å². The Morgan fingerprint density at radius 3 is 2.12 bits per heavy atom. The number of alkyl halides is 3. The van der Waals surface area contributed by atoms with Gasteiger partial charge in [-0.2, -0.15) is 0 Å². The van der Waals surface area contributed by atoms with Gasteiger partial charge in [0.2, 0.25) is 11.8 Å². The predicted octanol–water partition coefficient (Wildman–Crippen LogP) is 4.96. The Hall–Kier alpha value is -3.25. The van der Waals surface area contributed by atoms with Gasteiger partial charge in [-0.05, 0) is 48.5 Å². The summed E-state index contributed by atoms with van der Waals surface area (Å²) in [6, 6.07) is 11.8. The van der Waals surface area contributed by atoms with Crippen molar-refractivity contribution < 1.29 is 32.2 Å². The van der Waals surface area contributed by atoms with Crippen LogP contribution in [0.5, 0.6) is 11.5 Å². The molecule has 2 aromatic carbocycles. The van der Waals surface area contributed by atoms with Crippen LogP contribution in [0.25, 0.3) is 0 Å². The van der Waals surface area contributed by atoms with Gasteiger partial charge in [-0.15, -0.1) is 24.5 Å². The fraction of sp³-hybridized carbons (Fsp3) is 0.190. The number of carbonyl (C=O) groups excluding carboxylic acids is 2. The first kappa shape index (κ1) is 24.4. The zero-order chi connectivity index (χ0) is 23.8. The summed E-state index contributed by atoms with van der Waals surface area (Å²) < 4.78 is 46.1. The molecule has 0 fully saturated rings. The molecule has 0 aliphatic carbocycles. The van der Waals surface area contributed by atoms with Gasteiger partial charge in [0.1, 0.15) is 11.5 Å². The van der Waals surface area contributed by atoms with Crippen LogP contribution in [0, 0.1) is 0 Å². The van der Waals surface area contributed by atoms with E-state index in [4.69, 9.17) is 4.74 Å². The molecule has 2 amide bonds. The fourth-order valence-corrected chi connectivity index (χ4v) is 4.19. The van der Waals surface area contributed by atoms with E-state index < -0.39 is 6.36 Å². The molecule has 3 aromatic rings. The number of halogens is 3. The number of nitrogens with one attached hydrogen (secondary N) is 2. The Morgan fingerprint density at radius 2 is 1.55 bits per heavy atom. The largest absolute Gasteiger partial charge is 0.573 e. The molecular formula is C21H18F3N3O4S2. The van der Waals surface area contributed by atoms with Crippen molar-refractivity contribution in [2.24, 2.45) is 0 Å². The van der Waals surface area contributed by atoms with Gasteiger partial charge in [0, 0.05) is 16.8 Å². The van der Waals surface area contributed by atoms with E-state index in [1.165, 1.54) is 35.2 Å². The van der Waals surface area contributed by atoms with Crippen LogP contribution in [-0.4, -0.2) is 36.0 Å². The maximum Gasteiger partial charge on any atom is 0.573 e. The Morgan fingerprint density at radius 1 is 0.970 bits per heavy atom. The minimum atomic E-state index is -4.78. The first-order valence-corrected chi connectivity index (χ1v) is 11.2. The van der Waals surface area contributed by atoms with Gasteiger partial charge >= 0.3 is 6.36 Å². The summed E-state index contributed by atoms with van der Waals surface area (Å²) in [4.78, 5) is 28.6. The number of aromatic nitrogens is 1. The molecule has 1 heterocycles. The number of rotatable bonds is 9. The van der Waals surface area contributed by atoms with Crippen LogP contribution in [0.15, 0.2) is 58.3 Å². The van der Waals surface area contributed by atoms with E-state index in [9.17, 15) is 22.8 Å². The average molecular weight is 498 g/mol. The molecule has 0 radical (unpaired) electrons. The molecule has 33 heavy (non-hydrogen) atoms. The molecule has 7 nitrogen and oxygen atoms in total. The minimum absolute atomic E-state index is 0.0179. The zero-order valence-corrected chi connectivity index (χ0v) is 18.8. The summed E-state index contributed by atoms with van der Waals surface area (Å²) in [6.07, 6.45) is -4.79. The van der Waals surface area contributed by atoms with Crippen LogP contribution in [0.1, 0.15) is 5.69 Å². The zero-order valence-electron chi connectivity index (χ0n) is 17.1. The molecule has 12 heteroatoms. The van der Waals surface area contributed by atoms with Gasteiger partial charge in [-0.25, -0.2) is 4.98 Å². The third-order valence-corrected chi connectivity index (χ3v) is 6.01. The lowest BCUT2D eigenvalue weighted by Crippen LogP contribution is -2.17. The highest BCUT2D eigenvalue weighted by atomic mass is 32.2. The highest BCUT2D eigenvalue weighted by Crippen LogP contribution is 2.25. The third kappa shape index (κ3) is 8.31. The number of thiazole rings is 1. The van der Waals surface area contributed by atoms with Gasteiger partial charge in [-0.3, -0.25) is 9.59 Å². The number of amides is 2. The molecule has 0 unspecified atom stereocenters. The second-order valence-electron chi connectivity index (χ2n) is 6.47. The number of hydrogen-bond acceptors (Lipinski definition) is 7. The van der Waals surface area contributed by atoms with Crippen molar-refractivity contribution in [3.8, 4) is 11.5 Å². The summed E-state index contributed by atoms with van der Waals surface area (Å²) in [5.74, 6) is -0.111. The van der Waals surface area contributed by atoms with Crippen molar-refractivity contribution in [3.63, 3.8) is 0 Å². The second-order valence-corrected chi connectivity index (χ2v) is 8.55. The molecule has 0 bridgehead atoms. The standard InChI is InChI=1S/C21H18F3N3O4S2/c1-30-16-6-2-14(3-7-16)26-19(29)12-33-20-27-15(11-32-20)10-18(28)25-13-4-8-17(9-5-13)31-21(22,23)24/h2-9,11H,10,12H2,1H3,(H,25,28)(H,26,29). The molecule has 0 aliphatic heterocycles. The fourth-order valence-electron chi connectivity index (χ4n) is 2.54. The van der Waals surface area contributed by atoms with Crippen molar-refractivity contribution in [2.75, 3.05) is 23.5 Å². The van der Waals surface area contributed by atoms with Crippen LogP contribution in [-0.2, 0) is 16.0 Å².